The maximum absolute atomic E-state index is 11.3. The monoisotopic (exact) mass is 220 g/mol. The fourth-order valence-electron chi connectivity index (χ4n) is 1.64. The van der Waals surface area contributed by atoms with Crippen LogP contribution in [0.25, 0.3) is 0 Å². The zero-order valence-electron chi connectivity index (χ0n) is 9.06. The predicted octanol–water partition coefficient (Wildman–Crippen LogP) is 0.911. The minimum atomic E-state index is -0.365. The Balaban J connectivity index is 2.62. The largest absolute Gasteiger partial charge is 0.370 e. The average Bonchev–Trinajstić information content (AvgIpc) is 2.25. The molecular formula is C12H16N2O2. The minimum absolute atomic E-state index is 0.288. The van der Waals surface area contributed by atoms with Gasteiger partial charge < -0.3 is 11.5 Å². The maximum Gasteiger partial charge on any atom is 0.224 e. The van der Waals surface area contributed by atoms with E-state index in [1.807, 2.05) is 30.3 Å². The zero-order valence-corrected chi connectivity index (χ0v) is 9.06. The van der Waals surface area contributed by atoms with Crippen LogP contribution in [0.5, 0.6) is 0 Å². The Bertz CT molecular complexity index is 363. The lowest BCUT2D eigenvalue weighted by atomic mass is 9.93. The molecule has 0 aromatic heterocycles. The van der Waals surface area contributed by atoms with Gasteiger partial charge in [0.1, 0.15) is 0 Å². The van der Waals surface area contributed by atoms with Crippen molar-refractivity contribution < 1.29 is 9.59 Å². The van der Waals surface area contributed by atoms with Gasteiger partial charge in [-0.1, -0.05) is 30.3 Å². The van der Waals surface area contributed by atoms with E-state index in [4.69, 9.17) is 11.5 Å². The third-order valence-corrected chi connectivity index (χ3v) is 2.46. The number of hydrogen-bond acceptors (Lipinski definition) is 2. The molecule has 1 aromatic carbocycles. The lowest BCUT2D eigenvalue weighted by Gasteiger charge is -2.12. The van der Waals surface area contributed by atoms with E-state index in [9.17, 15) is 9.59 Å². The highest BCUT2D eigenvalue weighted by atomic mass is 16.1. The molecular weight excluding hydrogens is 204 g/mol. The molecule has 0 fully saturated rings. The summed E-state index contributed by atoms with van der Waals surface area (Å²) in [4.78, 5) is 21.9. The Morgan fingerprint density at radius 3 is 2.25 bits per heavy atom. The molecule has 1 rings (SSSR count). The van der Waals surface area contributed by atoms with E-state index in [1.54, 1.807) is 0 Å². The van der Waals surface area contributed by atoms with Crippen molar-refractivity contribution in [1.29, 1.82) is 0 Å². The summed E-state index contributed by atoms with van der Waals surface area (Å²) in [7, 11) is 0. The van der Waals surface area contributed by atoms with Crippen molar-refractivity contribution in [3.8, 4) is 0 Å². The minimum Gasteiger partial charge on any atom is -0.370 e. The molecule has 0 aliphatic rings. The highest BCUT2D eigenvalue weighted by Crippen LogP contribution is 2.21. The summed E-state index contributed by atoms with van der Waals surface area (Å²) in [6, 6.07) is 9.32. The smallest absolute Gasteiger partial charge is 0.224 e. The van der Waals surface area contributed by atoms with Gasteiger partial charge in [-0.25, -0.2) is 0 Å². The van der Waals surface area contributed by atoms with Crippen molar-refractivity contribution in [3.63, 3.8) is 0 Å². The maximum atomic E-state index is 11.3. The lowest BCUT2D eigenvalue weighted by Crippen LogP contribution is -2.22. The van der Waals surface area contributed by atoms with Crippen LogP contribution in [0.2, 0.25) is 0 Å². The van der Waals surface area contributed by atoms with Gasteiger partial charge in [0.2, 0.25) is 11.8 Å². The zero-order chi connectivity index (χ0) is 12.0. The Labute approximate surface area is 94.6 Å². The Kier molecular flexibility index (Phi) is 4.51. The SMILES string of the molecule is NC(=O)CCCC(C(N)=O)c1ccccc1. The van der Waals surface area contributed by atoms with Gasteiger partial charge in [-0.15, -0.1) is 0 Å². The molecule has 0 heterocycles. The van der Waals surface area contributed by atoms with E-state index in [0.29, 0.717) is 12.8 Å². The van der Waals surface area contributed by atoms with Crippen LogP contribution in [0.15, 0.2) is 30.3 Å². The molecule has 16 heavy (non-hydrogen) atoms. The normalized spacial score (nSPS) is 12.0. The second-order valence-electron chi connectivity index (χ2n) is 3.72. The van der Waals surface area contributed by atoms with Gasteiger partial charge in [0.15, 0.2) is 0 Å². The summed E-state index contributed by atoms with van der Waals surface area (Å²) < 4.78 is 0. The summed E-state index contributed by atoms with van der Waals surface area (Å²) in [5.41, 5.74) is 11.3. The van der Waals surface area contributed by atoms with Crippen molar-refractivity contribution in [2.75, 3.05) is 0 Å². The van der Waals surface area contributed by atoms with Gasteiger partial charge in [0, 0.05) is 6.42 Å². The Morgan fingerprint density at radius 1 is 1.12 bits per heavy atom. The van der Waals surface area contributed by atoms with E-state index in [1.165, 1.54) is 0 Å². The summed E-state index contributed by atoms with van der Waals surface area (Å²) >= 11 is 0. The summed E-state index contributed by atoms with van der Waals surface area (Å²) in [6.45, 7) is 0. The third-order valence-electron chi connectivity index (χ3n) is 2.46. The summed E-state index contributed by atoms with van der Waals surface area (Å²) in [5.74, 6) is -1.05. The highest BCUT2D eigenvalue weighted by Gasteiger charge is 2.17. The molecule has 2 amide bonds. The molecule has 0 spiro atoms. The first-order chi connectivity index (χ1) is 7.61. The van der Waals surface area contributed by atoms with E-state index in [2.05, 4.69) is 0 Å². The molecule has 0 radical (unpaired) electrons. The van der Waals surface area contributed by atoms with E-state index in [0.717, 1.165) is 5.56 Å². The van der Waals surface area contributed by atoms with Crippen molar-refractivity contribution in [2.24, 2.45) is 11.5 Å². The molecule has 4 heteroatoms. The number of carbonyl (C=O) groups excluding carboxylic acids is 2. The standard InChI is InChI=1S/C12H16N2O2/c13-11(15)8-4-7-10(12(14)16)9-5-2-1-3-6-9/h1-3,5-6,10H,4,7-8H2,(H2,13,15)(H2,14,16). The van der Waals surface area contributed by atoms with Gasteiger partial charge in [-0.05, 0) is 18.4 Å². The van der Waals surface area contributed by atoms with Crippen LogP contribution in [-0.2, 0) is 9.59 Å². The van der Waals surface area contributed by atoms with Crippen LogP contribution >= 0.6 is 0 Å². The molecule has 1 unspecified atom stereocenters. The topological polar surface area (TPSA) is 86.2 Å². The molecule has 4 nitrogen and oxygen atoms in total. The van der Waals surface area contributed by atoms with Crippen molar-refractivity contribution in [3.05, 3.63) is 35.9 Å². The molecule has 0 saturated heterocycles. The lowest BCUT2D eigenvalue weighted by molar-refractivity contribution is -0.120. The molecule has 86 valence electrons. The van der Waals surface area contributed by atoms with E-state index in [-0.39, 0.29) is 24.2 Å². The Hall–Kier alpha value is -1.84. The number of nitrogens with two attached hydrogens (primary N) is 2. The van der Waals surface area contributed by atoms with Crippen molar-refractivity contribution in [1.82, 2.24) is 0 Å². The van der Waals surface area contributed by atoms with Gasteiger partial charge in [-0.2, -0.15) is 0 Å². The summed E-state index contributed by atoms with van der Waals surface area (Å²) in [6.07, 6.45) is 1.43. The first kappa shape index (κ1) is 12.2. The van der Waals surface area contributed by atoms with Gasteiger partial charge >= 0.3 is 0 Å². The molecule has 0 aliphatic heterocycles. The molecule has 1 aromatic rings. The molecule has 0 aliphatic carbocycles. The average molecular weight is 220 g/mol. The number of amides is 2. The van der Waals surface area contributed by atoms with Gasteiger partial charge in [0.25, 0.3) is 0 Å². The van der Waals surface area contributed by atoms with Crippen LogP contribution < -0.4 is 11.5 Å². The van der Waals surface area contributed by atoms with Crippen LogP contribution in [0.4, 0.5) is 0 Å². The van der Waals surface area contributed by atoms with Crippen molar-refractivity contribution >= 4 is 11.8 Å². The number of hydrogen-bond donors (Lipinski definition) is 2. The first-order valence-corrected chi connectivity index (χ1v) is 5.24. The predicted molar refractivity (Wildman–Crippen MR) is 61.4 cm³/mol. The molecule has 1 atom stereocenters. The number of carbonyl (C=O) groups is 2. The van der Waals surface area contributed by atoms with Crippen LogP contribution in [0.1, 0.15) is 30.7 Å². The summed E-state index contributed by atoms with van der Waals surface area (Å²) in [5, 5.41) is 0. The molecule has 0 bridgehead atoms. The van der Waals surface area contributed by atoms with Gasteiger partial charge in [0.05, 0.1) is 5.92 Å². The second kappa shape index (κ2) is 5.90. The van der Waals surface area contributed by atoms with Crippen LogP contribution in [0, 0.1) is 0 Å². The number of primary amides is 2. The second-order valence-corrected chi connectivity index (χ2v) is 3.72. The van der Waals surface area contributed by atoms with Crippen LogP contribution in [-0.4, -0.2) is 11.8 Å². The number of rotatable bonds is 6. The highest BCUT2D eigenvalue weighted by molar-refractivity contribution is 5.82. The molecule has 0 saturated carbocycles. The fraction of sp³-hybridized carbons (Fsp3) is 0.333. The van der Waals surface area contributed by atoms with Crippen LogP contribution in [0.3, 0.4) is 0 Å². The van der Waals surface area contributed by atoms with Gasteiger partial charge in [-0.3, -0.25) is 9.59 Å². The quantitative estimate of drug-likeness (QED) is 0.746. The molecule has 4 N–H and O–H groups in total. The van der Waals surface area contributed by atoms with Crippen molar-refractivity contribution in [2.45, 2.75) is 25.2 Å². The third kappa shape index (κ3) is 3.73. The van der Waals surface area contributed by atoms with E-state index < -0.39 is 0 Å². The Morgan fingerprint density at radius 2 is 1.75 bits per heavy atom. The number of benzene rings is 1. The van der Waals surface area contributed by atoms with E-state index >= 15 is 0 Å². The first-order valence-electron chi connectivity index (χ1n) is 5.24. The fourth-order valence-corrected chi connectivity index (χ4v) is 1.64.